The average molecular weight is 310 g/mol. The zero-order chi connectivity index (χ0) is 15.4. The van der Waals surface area contributed by atoms with Gasteiger partial charge in [0.25, 0.3) is 0 Å². The van der Waals surface area contributed by atoms with Gasteiger partial charge >= 0.3 is 0 Å². The summed E-state index contributed by atoms with van der Waals surface area (Å²) in [6, 6.07) is 8.45. The highest BCUT2D eigenvalue weighted by Gasteiger charge is 2.10. The molecule has 0 amide bonds. The van der Waals surface area contributed by atoms with Crippen molar-refractivity contribution in [1.29, 1.82) is 0 Å². The van der Waals surface area contributed by atoms with Crippen LogP contribution in [-0.4, -0.2) is 14.2 Å². The molecule has 0 aliphatic carbocycles. The fourth-order valence-corrected chi connectivity index (χ4v) is 2.43. The zero-order valence-corrected chi connectivity index (χ0v) is 12.9. The molecule has 0 radical (unpaired) electrons. The molecule has 0 spiro atoms. The minimum Gasteiger partial charge on any atom is -0.493 e. The molecule has 112 valence electrons. The first kappa shape index (κ1) is 15.4. The van der Waals surface area contributed by atoms with Crippen molar-refractivity contribution in [1.82, 2.24) is 0 Å². The first-order valence-corrected chi connectivity index (χ1v) is 6.82. The van der Waals surface area contributed by atoms with E-state index in [0.717, 1.165) is 16.8 Å². The van der Waals surface area contributed by atoms with Gasteiger partial charge in [0.1, 0.15) is 5.82 Å². The van der Waals surface area contributed by atoms with Crippen LogP contribution < -0.4 is 14.8 Å². The molecule has 1 N–H and O–H groups in total. The maximum atomic E-state index is 13.3. The molecule has 3 nitrogen and oxygen atoms in total. The Balaban J connectivity index is 2.18. The van der Waals surface area contributed by atoms with Gasteiger partial charge in [0.2, 0.25) is 0 Å². The summed E-state index contributed by atoms with van der Waals surface area (Å²) >= 11 is 6.15. The van der Waals surface area contributed by atoms with Crippen LogP contribution in [0.15, 0.2) is 30.3 Å². The van der Waals surface area contributed by atoms with E-state index in [-0.39, 0.29) is 5.82 Å². The third-order valence-corrected chi connectivity index (χ3v) is 3.31. The van der Waals surface area contributed by atoms with Crippen LogP contribution in [0.2, 0.25) is 5.02 Å². The normalized spacial score (nSPS) is 10.3. The maximum absolute atomic E-state index is 13.3. The van der Waals surface area contributed by atoms with Gasteiger partial charge in [-0.2, -0.15) is 0 Å². The quantitative estimate of drug-likeness (QED) is 0.887. The molecule has 0 aliphatic rings. The molecule has 0 saturated heterocycles. The number of ether oxygens (including phenoxy) is 2. The van der Waals surface area contributed by atoms with Crippen LogP contribution in [0, 0.1) is 12.7 Å². The second-order valence-electron chi connectivity index (χ2n) is 4.68. The van der Waals surface area contributed by atoms with E-state index in [0.29, 0.717) is 23.1 Å². The predicted octanol–water partition coefficient (Wildman–Crippen LogP) is 4.42. The van der Waals surface area contributed by atoms with Gasteiger partial charge in [-0.3, -0.25) is 0 Å². The summed E-state index contributed by atoms with van der Waals surface area (Å²) in [6.07, 6.45) is 0. The van der Waals surface area contributed by atoms with Gasteiger partial charge < -0.3 is 14.8 Å². The van der Waals surface area contributed by atoms with Crippen molar-refractivity contribution < 1.29 is 13.9 Å². The number of rotatable bonds is 5. The van der Waals surface area contributed by atoms with Crippen LogP contribution >= 0.6 is 11.6 Å². The Labute approximate surface area is 128 Å². The molecular formula is C16H17ClFNO2. The van der Waals surface area contributed by atoms with E-state index in [1.165, 1.54) is 19.2 Å². The van der Waals surface area contributed by atoms with Crippen molar-refractivity contribution >= 4 is 17.3 Å². The summed E-state index contributed by atoms with van der Waals surface area (Å²) < 4.78 is 23.8. The fourth-order valence-electron chi connectivity index (χ4n) is 2.12. The topological polar surface area (TPSA) is 30.5 Å². The van der Waals surface area contributed by atoms with Gasteiger partial charge in [-0.05, 0) is 48.4 Å². The van der Waals surface area contributed by atoms with Crippen molar-refractivity contribution in [2.24, 2.45) is 0 Å². The van der Waals surface area contributed by atoms with Gasteiger partial charge in [-0.15, -0.1) is 0 Å². The highest BCUT2D eigenvalue weighted by molar-refractivity contribution is 6.32. The Morgan fingerprint density at radius 3 is 2.48 bits per heavy atom. The lowest BCUT2D eigenvalue weighted by Crippen LogP contribution is -2.01. The fraction of sp³-hybridized carbons (Fsp3) is 0.250. The Bertz CT molecular complexity index is 626. The largest absolute Gasteiger partial charge is 0.493 e. The highest BCUT2D eigenvalue weighted by atomic mass is 35.5. The number of nitrogens with one attached hydrogen (secondary N) is 1. The van der Waals surface area contributed by atoms with Crippen LogP contribution in [0.3, 0.4) is 0 Å². The molecule has 0 aromatic heterocycles. The summed E-state index contributed by atoms with van der Waals surface area (Å²) in [6.45, 7) is 2.35. The molecule has 0 bridgehead atoms. The lowest BCUT2D eigenvalue weighted by Gasteiger charge is -2.13. The minimum absolute atomic E-state index is 0.261. The SMILES string of the molecule is COc1cc(CNc2cc(C)cc(F)c2)cc(Cl)c1OC. The van der Waals surface area contributed by atoms with Crippen LogP contribution in [0.4, 0.5) is 10.1 Å². The third kappa shape index (κ3) is 3.79. The van der Waals surface area contributed by atoms with E-state index >= 15 is 0 Å². The monoisotopic (exact) mass is 309 g/mol. The van der Waals surface area contributed by atoms with Crippen molar-refractivity contribution in [3.8, 4) is 11.5 Å². The molecule has 2 aromatic carbocycles. The summed E-state index contributed by atoms with van der Waals surface area (Å²) in [5.74, 6) is 0.810. The Morgan fingerprint density at radius 1 is 1.10 bits per heavy atom. The predicted molar refractivity (Wildman–Crippen MR) is 83.0 cm³/mol. The van der Waals surface area contributed by atoms with Crippen LogP contribution in [0.25, 0.3) is 0 Å². The summed E-state index contributed by atoms with van der Waals surface area (Å²) in [5, 5.41) is 3.64. The Morgan fingerprint density at radius 2 is 1.86 bits per heavy atom. The average Bonchev–Trinajstić information content (AvgIpc) is 2.43. The number of hydrogen-bond donors (Lipinski definition) is 1. The van der Waals surface area contributed by atoms with Crippen molar-refractivity contribution in [3.05, 3.63) is 52.3 Å². The molecule has 0 aliphatic heterocycles. The smallest absolute Gasteiger partial charge is 0.179 e. The first-order chi connectivity index (χ1) is 10.0. The van der Waals surface area contributed by atoms with Crippen molar-refractivity contribution in [2.75, 3.05) is 19.5 Å². The van der Waals surface area contributed by atoms with Gasteiger partial charge in [0.15, 0.2) is 11.5 Å². The van der Waals surface area contributed by atoms with Gasteiger partial charge in [-0.1, -0.05) is 11.6 Å². The van der Waals surface area contributed by atoms with E-state index in [9.17, 15) is 4.39 Å². The van der Waals surface area contributed by atoms with E-state index < -0.39 is 0 Å². The third-order valence-electron chi connectivity index (χ3n) is 3.03. The molecule has 2 aromatic rings. The molecule has 0 fully saturated rings. The van der Waals surface area contributed by atoms with Gasteiger partial charge in [-0.25, -0.2) is 4.39 Å². The summed E-state index contributed by atoms with van der Waals surface area (Å²) in [4.78, 5) is 0. The van der Waals surface area contributed by atoms with E-state index in [1.807, 2.05) is 19.1 Å². The number of methoxy groups -OCH3 is 2. The Kier molecular flexibility index (Phi) is 4.91. The number of anilines is 1. The molecule has 21 heavy (non-hydrogen) atoms. The Hall–Kier alpha value is -1.94. The van der Waals surface area contributed by atoms with E-state index in [2.05, 4.69) is 5.32 Å². The lowest BCUT2D eigenvalue weighted by atomic mass is 10.1. The highest BCUT2D eigenvalue weighted by Crippen LogP contribution is 2.36. The number of aryl methyl sites for hydroxylation is 1. The van der Waals surface area contributed by atoms with E-state index in [1.54, 1.807) is 13.2 Å². The molecule has 2 rings (SSSR count). The second-order valence-corrected chi connectivity index (χ2v) is 5.09. The molecule has 0 heterocycles. The van der Waals surface area contributed by atoms with Crippen molar-refractivity contribution in [2.45, 2.75) is 13.5 Å². The lowest BCUT2D eigenvalue weighted by molar-refractivity contribution is 0.355. The van der Waals surface area contributed by atoms with E-state index in [4.69, 9.17) is 21.1 Å². The molecule has 5 heteroatoms. The van der Waals surface area contributed by atoms with Gasteiger partial charge in [0.05, 0.1) is 19.2 Å². The molecule has 0 atom stereocenters. The molecule has 0 unspecified atom stereocenters. The number of benzene rings is 2. The number of hydrogen-bond acceptors (Lipinski definition) is 3. The first-order valence-electron chi connectivity index (χ1n) is 6.45. The minimum atomic E-state index is -0.261. The zero-order valence-electron chi connectivity index (χ0n) is 12.2. The van der Waals surface area contributed by atoms with Crippen LogP contribution in [-0.2, 0) is 6.54 Å². The van der Waals surface area contributed by atoms with Crippen molar-refractivity contribution in [3.63, 3.8) is 0 Å². The molecular weight excluding hydrogens is 293 g/mol. The molecule has 0 saturated carbocycles. The van der Waals surface area contributed by atoms with Crippen LogP contribution in [0.1, 0.15) is 11.1 Å². The maximum Gasteiger partial charge on any atom is 0.179 e. The number of halogens is 2. The summed E-state index contributed by atoms with van der Waals surface area (Å²) in [5.41, 5.74) is 2.50. The second kappa shape index (κ2) is 6.68. The van der Waals surface area contributed by atoms with Crippen LogP contribution in [0.5, 0.6) is 11.5 Å². The summed E-state index contributed by atoms with van der Waals surface area (Å²) in [7, 11) is 3.10. The van der Waals surface area contributed by atoms with Gasteiger partial charge in [0, 0.05) is 12.2 Å². The standard InChI is InChI=1S/C16H17ClFNO2/c1-10-4-12(18)8-13(5-10)19-9-11-6-14(17)16(21-3)15(7-11)20-2/h4-8,19H,9H2,1-3H3.